The molecule has 8 heteroatoms. The van der Waals surface area contributed by atoms with Crippen molar-refractivity contribution in [1.82, 2.24) is 4.98 Å². The van der Waals surface area contributed by atoms with Gasteiger partial charge in [0.2, 0.25) is 0 Å². The fourth-order valence-electron chi connectivity index (χ4n) is 3.51. The maximum Gasteiger partial charge on any atom is 0.344 e. The van der Waals surface area contributed by atoms with Crippen LogP contribution in [0, 0.1) is 6.92 Å². The van der Waals surface area contributed by atoms with Crippen molar-refractivity contribution >= 4 is 39.7 Å². The SMILES string of the molecule is C=Cc1c(C(=O)Oc2cccc(NC3=NS(=O)(=O)c4ccccc43)c2)cc(C)nc1/C=C\C. The van der Waals surface area contributed by atoms with Crippen LogP contribution >= 0.6 is 0 Å². The van der Waals surface area contributed by atoms with Crippen LogP contribution < -0.4 is 10.1 Å². The number of sulfonamides is 1. The predicted molar refractivity (Wildman–Crippen MR) is 129 cm³/mol. The molecule has 4 rings (SSSR count). The Kier molecular flexibility index (Phi) is 5.93. The fraction of sp³-hybridized carbons (Fsp3) is 0.0800. The zero-order chi connectivity index (χ0) is 23.6. The number of hydrogen-bond donors (Lipinski definition) is 1. The molecule has 0 aliphatic carbocycles. The van der Waals surface area contributed by atoms with Crippen LogP contribution in [0.1, 0.15) is 39.8 Å². The summed E-state index contributed by atoms with van der Waals surface area (Å²) in [5.74, 6) is -0.0509. The third-order valence-electron chi connectivity index (χ3n) is 4.90. The summed E-state index contributed by atoms with van der Waals surface area (Å²) in [6, 6.07) is 14.9. The number of allylic oxidation sites excluding steroid dienone is 1. The second kappa shape index (κ2) is 8.84. The lowest BCUT2D eigenvalue weighted by atomic mass is 10.0. The van der Waals surface area contributed by atoms with E-state index >= 15 is 0 Å². The van der Waals surface area contributed by atoms with Crippen molar-refractivity contribution in [2.24, 2.45) is 4.40 Å². The molecule has 0 bridgehead atoms. The Morgan fingerprint density at radius 1 is 1.12 bits per heavy atom. The maximum absolute atomic E-state index is 13.0. The summed E-state index contributed by atoms with van der Waals surface area (Å²) in [7, 11) is -3.74. The molecule has 0 radical (unpaired) electrons. The van der Waals surface area contributed by atoms with Gasteiger partial charge in [0.1, 0.15) is 10.6 Å². The zero-order valence-electron chi connectivity index (χ0n) is 18.1. The van der Waals surface area contributed by atoms with E-state index in [1.54, 1.807) is 67.6 Å². The minimum Gasteiger partial charge on any atom is -0.423 e. The van der Waals surface area contributed by atoms with Gasteiger partial charge in [-0.3, -0.25) is 4.98 Å². The van der Waals surface area contributed by atoms with E-state index in [-0.39, 0.29) is 16.5 Å². The molecule has 1 aromatic heterocycles. The molecule has 0 atom stereocenters. The molecule has 166 valence electrons. The number of ether oxygens (including phenoxy) is 1. The number of benzene rings is 2. The fourth-order valence-corrected chi connectivity index (χ4v) is 4.68. The molecule has 0 saturated carbocycles. The van der Waals surface area contributed by atoms with Gasteiger partial charge in [-0.25, -0.2) is 4.79 Å². The number of carbonyl (C=O) groups excluding carboxylic acids is 1. The van der Waals surface area contributed by atoms with Gasteiger partial charge in [-0.05, 0) is 50.3 Å². The standard InChI is InChI=1S/C25H21N3O4S/c1-4-9-22-19(5-2)21(14-16(3)26-22)25(29)32-18-11-8-10-17(15-18)27-24-20-12-6-7-13-23(20)33(30,31)28-24/h4-15H,2H2,1,3H3,(H,27,28)/b9-4-. The van der Waals surface area contributed by atoms with E-state index in [2.05, 4.69) is 21.3 Å². The molecule has 0 amide bonds. The van der Waals surface area contributed by atoms with Crippen LogP contribution in [0.3, 0.4) is 0 Å². The van der Waals surface area contributed by atoms with Gasteiger partial charge in [-0.15, -0.1) is 4.40 Å². The van der Waals surface area contributed by atoms with E-state index in [0.717, 1.165) is 0 Å². The Bertz CT molecular complexity index is 1440. The molecular weight excluding hydrogens is 438 g/mol. The quantitative estimate of drug-likeness (QED) is 0.433. The number of rotatable bonds is 5. The second-order valence-corrected chi connectivity index (χ2v) is 8.84. The number of nitrogens with zero attached hydrogens (tertiary/aromatic N) is 2. The maximum atomic E-state index is 13.0. The molecule has 0 saturated heterocycles. The van der Waals surface area contributed by atoms with Crippen LogP contribution in [0.25, 0.3) is 12.2 Å². The van der Waals surface area contributed by atoms with Crippen molar-refractivity contribution in [2.75, 3.05) is 5.32 Å². The summed E-state index contributed by atoms with van der Waals surface area (Å²) < 4.78 is 34.0. The van der Waals surface area contributed by atoms with Crippen LogP contribution in [0.5, 0.6) is 5.75 Å². The van der Waals surface area contributed by atoms with Gasteiger partial charge in [0.05, 0.1) is 11.3 Å². The summed E-state index contributed by atoms with van der Waals surface area (Å²) in [5, 5.41) is 3.01. The summed E-state index contributed by atoms with van der Waals surface area (Å²) in [6.07, 6.45) is 5.22. The van der Waals surface area contributed by atoms with E-state index in [4.69, 9.17) is 4.74 Å². The lowest BCUT2D eigenvalue weighted by molar-refractivity contribution is 0.0734. The molecule has 1 aliphatic heterocycles. The number of hydrogen-bond acceptors (Lipinski definition) is 6. The van der Waals surface area contributed by atoms with Crippen molar-refractivity contribution in [3.63, 3.8) is 0 Å². The zero-order valence-corrected chi connectivity index (χ0v) is 18.9. The Balaban J connectivity index is 1.60. The number of aromatic nitrogens is 1. The van der Waals surface area contributed by atoms with Crippen molar-refractivity contribution in [3.8, 4) is 5.75 Å². The van der Waals surface area contributed by atoms with Crippen LogP contribution in [0.4, 0.5) is 5.69 Å². The number of amidine groups is 1. The van der Waals surface area contributed by atoms with E-state index in [9.17, 15) is 13.2 Å². The highest BCUT2D eigenvalue weighted by Gasteiger charge is 2.28. The second-order valence-electron chi connectivity index (χ2n) is 7.27. The van der Waals surface area contributed by atoms with Crippen molar-refractivity contribution in [3.05, 3.63) is 95.3 Å². The summed E-state index contributed by atoms with van der Waals surface area (Å²) in [5.41, 5.74) is 3.25. The minimum atomic E-state index is -3.74. The molecule has 33 heavy (non-hydrogen) atoms. The first-order chi connectivity index (χ1) is 15.8. The van der Waals surface area contributed by atoms with Crippen LogP contribution in [0.15, 0.2) is 76.5 Å². The minimum absolute atomic E-state index is 0.150. The molecule has 1 aliphatic rings. The third kappa shape index (κ3) is 4.47. The molecular formula is C25H21N3O4S. The molecule has 2 heterocycles. The largest absolute Gasteiger partial charge is 0.423 e. The van der Waals surface area contributed by atoms with Crippen molar-refractivity contribution in [1.29, 1.82) is 0 Å². The number of pyridine rings is 1. The highest BCUT2D eigenvalue weighted by molar-refractivity contribution is 7.90. The number of nitrogens with one attached hydrogen (secondary N) is 1. The van der Waals surface area contributed by atoms with Crippen molar-refractivity contribution in [2.45, 2.75) is 18.7 Å². The van der Waals surface area contributed by atoms with Gasteiger partial charge in [-0.2, -0.15) is 8.42 Å². The molecule has 0 fully saturated rings. The first-order valence-electron chi connectivity index (χ1n) is 10.1. The van der Waals surface area contributed by atoms with Gasteiger partial charge in [0.25, 0.3) is 10.0 Å². The van der Waals surface area contributed by atoms with E-state index in [0.29, 0.717) is 33.8 Å². The predicted octanol–water partition coefficient (Wildman–Crippen LogP) is 4.85. The van der Waals surface area contributed by atoms with Crippen LogP contribution in [0.2, 0.25) is 0 Å². The Morgan fingerprint density at radius 2 is 1.91 bits per heavy atom. The third-order valence-corrected chi connectivity index (χ3v) is 6.24. The van der Waals surface area contributed by atoms with Gasteiger partial charge >= 0.3 is 5.97 Å². The van der Waals surface area contributed by atoms with Gasteiger partial charge in [0.15, 0.2) is 5.84 Å². The first-order valence-corrected chi connectivity index (χ1v) is 11.6. The highest BCUT2D eigenvalue weighted by atomic mass is 32.2. The molecule has 0 spiro atoms. The molecule has 2 aromatic carbocycles. The monoisotopic (exact) mass is 459 g/mol. The lowest BCUT2D eigenvalue weighted by Gasteiger charge is -2.12. The summed E-state index contributed by atoms with van der Waals surface area (Å²) >= 11 is 0. The lowest BCUT2D eigenvalue weighted by Crippen LogP contribution is -2.13. The smallest absolute Gasteiger partial charge is 0.344 e. The Morgan fingerprint density at radius 3 is 2.67 bits per heavy atom. The number of esters is 1. The van der Waals surface area contributed by atoms with Gasteiger partial charge in [0, 0.05) is 28.6 Å². The number of fused-ring (bicyclic) bond motifs is 1. The Hall–Kier alpha value is -4.04. The van der Waals surface area contributed by atoms with Crippen molar-refractivity contribution < 1.29 is 17.9 Å². The van der Waals surface area contributed by atoms with E-state index in [1.807, 2.05) is 13.0 Å². The number of anilines is 1. The normalized spacial score (nSPS) is 13.9. The van der Waals surface area contributed by atoms with E-state index < -0.39 is 16.0 Å². The molecule has 3 aromatic rings. The van der Waals surface area contributed by atoms with E-state index in [1.165, 1.54) is 6.07 Å². The Labute approximate surface area is 192 Å². The number of aryl methyl sites for hydroxylation is 1. The summed E-state index contributed by atoms with van der Waals surface area (Å²) in [6.45, 7) is 7.47. The molecule has 7 nitrogen and oxygen atoms in total. The van der Waals surface area contributed by atoms with Gasteiger partial charge in [-0.1, -0.05) is 36.9 Å². The molecule has 0 unspecified atom stereocenters. The highest BCUT2D eigenvalue weighted by Crippen LogP contribution is 2.28. The topological polar surface area (TPSA) is 97.7 Å². The van der Waals surface area contributed by atoms with Crippen LogP contribution in [-0.2, 0) is 10.0 Å². The average Bonchev–Trinajstić information content (AvgIpc) is 3.04. The first kappa shape index (κ1) is 22.2. The molecule has 1 N–H and O–H groups in total. The van der Waals surface area contributed by atoms with Gasteiger partial charge < -0.3 is 10.1 Å². The van der Waals surface area contributed by atoms with Crippen LogP contribution in [-0.4, -0.2) is 25.2 Å². The average molecular weight is 460 g/mol. The number of carbonyl (C=O) groups is 1. The summed E-state index contributed by atoms with van der Waals surface area (Å²) in [4.78, 5) is 17.6.